The lowest BCUT2D eigenvalue weighted by atomic mass is 9.98. The third-order valence-electron chi connectivity index (χ3n) is 7.62. The molecule has 11 nitrogen and oxygen atoms in total. The molecule has 4 N–H and O–H groups in total. The van der Waals surface area contributed by atoms with Gasteiger partial charge >= 0.3 is 5.97 Å². The molecule has 2 heterocycles. The van der Waals surface area contributed by atoms with Gasteiger partial charge in [0.15, 0.2) is 5.65 Å². The van der Waals surface area contributed by atoms with Gasteiger partial charge in [-0.05, 0) is 72.9 Å². The van der Waals surface area contributed by atoms with Crippen molar-refractivity contribution in [2.75, 3.05) is 10.6 Å². The lowest BCUT2D eigenvalue weighted by Gasteiger charge is -2.16. The minimum absolute atomic E-state index is 0.0348. The summed E-state index contributed by atoms with van der Waals surface area (Å²) in [5.41, 5.74) is 2.56. The summed E-state index contributed by atoms with van der Waals surface area (Å²) in [6, 6.07) is 15.9. The average Bonchev–Trinajstić information content (AvgIpc) is 3.62. The Balaban J connectivity index is 1.37. The molecule has 5 aromatic rings. The quantitative estimate of drug-likeness (QED) is 0.187. The first-order chi connectivity index (χ1) is 21.6. The summed E-state index contributed by atoms with van der Waals surface area (Å²) in [6.07, 6.45) is 2.31. The zero-order valence-corrected chi connectivity index (χ0v) is 24.4. The van der Waals surface area contributed by atoms with Crippen molar-refractivity contribution in [1.82, 2.24) is 19.9 Å². The van der Waals surface area contributed by atoms with Gasteiger partial charge in [0.1, 0.15) is 22.8 Å². The minimum Gasteiger partial charge on any atom is -0.478 e. The SMILES string of the molecule is Cc1c(C(=O)O)ccc2c1CC[C@@H]2NC(=O)c1cc(C(=O)Nc2cccc(F)c2)nc2c(C(=O)Nc3ccccc3Cl)cnn12. The first-order valence-corrected chi connectivity index (χ1v) is 14.2. The molecule has 3 amide bonds. The maximum atomic E-state index is 13.8. The zero-order chi connectivity index (χ0) is 31.8. The van der Waals surface area contributed by atoms with Gasteiger partial charge in [0.05, 0.1) is 28.5 Å². The number of aromatic nitrogens is 3. The Labute approximate surface area is 260 Å². The molecule has 3 aromatic carbocycles. The highest BCUT2D eigenvalue weighted by molar-refractivity contribution is 6.34. The highest BCUT2D eigenvalue weighted by Gasteiger charge is 2.30. The van der Waals surface area contributed by atoms with E-state index in [1.54, 1.807) is 37.3 Å². The van der Waals surface area contributed by atoms with Crippen LogP contribution in [0, 0.1) is 12.7 Å². The summed E-state index contributed by atoms with van der Waals surface area (Å²) in [4.78, 5) is 56.3. The third-order valence-corrected chi connectivity index (χ3v) is 7.94. The second-order valence-electron chi connectivity index (χ2n) is 10.4. The Morgan fingerprint density at radius 1 is 0.956 bits per heavy atom. The van der Waals surface area contributed by atoms with Gasteiger partial charge in [-0.3, -0.25) is 14.4 Å². The van der Waals surface area contributed by atoms with Crippen molar-refractivity contribution in [3.05, 3.63) is 123 Å². The van der Waals surface area contributed by atoms with E-state index >= 15 is 0 Å². The summed E-state index contributed by atoms with van der Waals surface area (Å²) in [5, 5.41) is 22.2. The second-order valence-corrected chi connectivity index (χ2v) is 10.8. The summed E-state index contributed by atoms with van der Waals surface area (Å²) in [5.74, 6) is -3.58. The van der Waals surface area contributed by atoms with Crippen LogP contribution in [0.3, 0.4) is 0 Å². The minimum atomic E-state index is -1.03. The predicted molar refractivity (Wildman–Crippen MR) is 163 cm³/mol. The van der Waals surface area contributed by atoms with Crippen LogP contribution < -0.4 is 16.0 Å². The molecule has 226 valence electrons. The monoisotopic (exact) mass is 626 g/mol. The number of carboxylic acid groups (broad SMARTS) is 1. The van der Waals surface area contributed by atoms with Crippen LogP contribution in [0.25, 0.3) is 5.65 Å². The van der Waals surface area contributed by atoms with Gasteiger partial charge < -0.3 is 21.1 Å². The Kier molecular flexibility index (Phi) is 7.73. The smallest absolute Gasteiger partial charge is 0.335 e. The summed E-state index contributed by atoms with van der Waals surface area (Å²) >= 11 is 6.21. The number of fused-ring (bicyclic) bond motifs is 2. The number of hydrogen-bond donors (Lipinski definition) is 4. The van der Waals surface area contributed by atoms with Gasteiger partial charge in [-0.2, -0.15) is 5.10 Å². The molecule has 0 fully saturated rings. The number of para-hydroxylation sites is 1. The van der Waals surface area contributed by atoms with E-state index in [0.717, 1.165) is 21.7 Å². The predicted octanol–water partition coefficient (Wildman–Crippen LogP) is 5.45. The van der Waals surface area contributed by atoms with Gasteiger partial charge in [-0.15, -0.1) is 0 Å². The summed E-state index contributed by atoms with van der Waals surface area (Å²) in [6.45, 7) is 1.74. The molecule has 0 saturated carbocycles. The number of carbonyl (C=O) groups is 4. The Morgan fingerprint density at radius 2 is 1.76 bits per heavy atom. The van der Waals surface area contributed by atoms with Crippen molar-refractivity contribution >= 4 is 52.3 Å². The molecule has 0 aliphatic heterocycles. The number of aromatic carboxylic acids is 1. The first kappa shape index (κ1) is 29.5. The number of hydrogen-bond acceptors (Lipinski definition) is 6. The van der Waals surface area contributed by atoms with E-state index in [0.29, 0.717) is 29.1 Å². The van der Waals surface area contributed by atoms with E-state index in [1.165, 1.54) is 36.5 Å². The lowest BCUT2D eigenvalue weighted by molar-refractivity contribution is 0.0695. The molecular formula is C32H24ClFN6O5. The Hall–Kier alpha value is -5.62. The van der Waals surface area contributed by atoms with Crippen molar-refractivity contribution in [3.63, 3.8) is 0 Å². The number of anilines is 2. The highest BCUT2D eigenvalue weighted by Crippen LogP contribution is 2.35. The van der Waals surface area contributed by atoms with Crippen LogP contribution in [-0.4, -0.2) is 43.4 Å². The molecule has 0 radical (unpaired) electrons. The number of nitrogens with one attached hydrogen (secondary N) is 3. The zero-order valence-electron chi connectivity index (χ0n) is 23.6. The second kappa shape index (κ2) is 11.8. The molecular weight excluding hydrogens is 603 g/mol. The summed E-state index contributed by atoms with van der Waals surface area (Å²) in [7, 11) is 0. The van der Waals surface area contributed by atoms with Gasteiger partial charge in [0.25, 0.3) is 17.7 Å². The van der Waals surface area contributed by atoms with Crippen LogP contribution in [-0.2, 0) is 6.42 Å². The van der Waals surface area contributed by atoms with E-state index < -0.39 is 35.5 Å². The Bertz CT molecular complexity index is 2040. The molecule has 1 aliphatic carbocycles. The van der Waals surface area contributed by atoms with Crippen LogP contribution in [0.1, 0.15) is 70.8 Å². The standard InChI is InChI=1S/C32H24ClFN6O5/c1-16-19-11-12-24(21(19)10-9-20(16)32(44)45)38-31(43)27-14-26(30(42)36-18-6-4-5-17(34)13-18)37-28-22(15-35-40(27)28)29(41)39-25-8-3-2-7-23(25)33/h2-10,13-15,24H,11-12H2,1H3,(H,36,42)(H,38,43)(H,39,41)(H,44,45)/t24-/m0/s1. The van der Waals surface area contributed by atoms with E-state index in [-0.39, 0.29) is 33.8 Å². The molecule has 0 saturated heterocycles. The van der Waals surface area contributed by atoms with Crippen LogP contribution in [0.5, 0.6) is 0 Å². The largest absolute Gasteiger partial charge is 0.478 e. The molecule has 1 atom stereocenters. The average molecular weight is 627 g/mol. The number of amides is 3. The lowest BCUT2D eigenvalue weighted by Crippen LogP contribution is -2.30. The van der Waals surface area contributed by atoms with Crippen molar-refractivity contribution in [3.8, 4) is 0 Å². The van der Waals surface area contributed by atoms with Crippen LogP contribution in [0.2, 0.25) is 5.02 Å². The number of halogens is 2. The molecule has 13 heteroatoms. The van der Waals surface area contributed by atoms with Gasteiger partial charge in [0, 0.05) is 11.8 Å². The van der Waals surface area contributed by atoms with Gasteiger partial charge in [-0.1, -0.05) is 35.9 Å². The van der Waals surface area contributed by atoms with Crippen molar-refractivity contribution in [2.45, 2.75) is 25.8 Å². The fourth-order valence-electron chi connectivity index (χ4n) is 5.41. The topological polar surface area (TPSA) is 155 Å². The molecule has 0 bridgehead atoms. The molecule has 2 aromatic heterocycles. The number of rotatable bonds is 7. The first-order valence-electron chi connectivity index (χ1n) is 13.8. The van der Waals surface area contributed by atoms with E-state index in [1.807, 2.05) is 0 Å². The highest BCUT2D eigenvalue weighted by atomic mass is 35.5. The molecule has 0 unspecified atom stereocenters. The third kappa shape index (κ3) is 5.70. The van der Waals surface area contributed by atoms with Crippen molar-refractivity contribution in [1.29, 1.82) is 0 Å². The molecule has 1 aliphatic rings. The van der Waals surface area contributed by atoms with Gasteiger partial charge in [-0.25, -0.2) is 18.7 Å². The van der Waals surface area contributed by atoms with Crippen molar-refractivity contribution < 1.29 is 28.7 Å². The summed E-state index contributed by atoms with van der Waals surface area (Å²) < 4.78 is 14.9. The maximum Gasteiger partial charge on any atom is 0.335 e. The fraction of sp³-hybridized carbons (Fsp3) is 0.125. The van der Waals surface area contributed by atoms with Crippen LogP contribution in [0.4, 0.5) is 15.8 Å². The maximum absolute atomic E-state index is 13.8. The Morgan fingerprint density at radius 3 is 2.51 bits per heavy atom. The molecule has 45 heavy (non-hydrogen) atoms. The van der Waals surface area contributed by atoms with Crippen LogP contribution >= 0.6 is 11.6 Å². The molecule has 0 spiro atoms. The van der Waals surface area contributed by atoms with Crippen LogP contribution in [0.15, 0.2) is 72.9 Å². The number of nitrogens with zero attached hydrogens (tertiary/aromatic N) is 3. The number of carbonyl (C=O) groups excluding carboxylic acids is 3. The number of benzene rings is 3. The fourth-order valence-corrected chi connectivity index (χ4v) is 5.59. The van der Waals surface area contributed by atoms with Crippen molar-refractivity contribution in [2.24, 2.45) is 0 Å². The normalized spacial score (nSPS) is 13.7. The van der Waals surface area contributed by atoms with E-state index in [9.17, 15) is 28.7 Å². The van der Waals surface area contributed by atoms with Gasteiger partial charge in [0.2, 0.25) is 0 Å². The number of carboxylic acids is 1. The van der Waals surface area contributed by atoms with E-state index in [4.69, 9.17) is 11.6 Å². The van der Waals surface area contributed by atoms with E-state index in [2.05, 4.69) is 26.0 Å². The molecule has 6 rings (SSSR count).